The van der Waals surface area contributed by atoms with E-state index in [1.807, 2.05) is 0 Å². The summed E-state index contributed by atoms with van der Waals surface area (Å²) >= 11 is 0. The van der Waals surface area contributed by atoms with Crippen LogP contribution in [0, 0.1) is 5.82 Å². The average Bonchev–Trinajstić information content (AvgIpc) is 2.98. The molecular weight excluding hydrogens is 277 g/mol. The standard InChI is InChI=1S/C15H14FNO4/c1-10(14(18)17-9-13-3-2-8-20-13)21-15(19)11-4-6-12(16)7-5-11/h2-8,10H,9H2,1H3,(H,17,18). The maximum absolute atomic E-state index is 12.8. The van der Waals surface area contributed by atoms with Crippen LogP contribution in [0.1, 0.15) is 23.0 Å². The van der Waals surface area contributed by atoms with E-state index in [9.17, 15) is 14.0 Å². The van der Waals surface area contributed by atoms with Gasteiger partial charge in [-0.25, -0.2) is 9.18 Å². The van der Waals surface area contributed by atoms with Gasteiger partial charge in [0.05, 0.1) is 18.4 Å². The number of esters is 1. The second-order valence-corrected chi connectivity index (χ2v) is 4.35. The topological polar surface area (TPSA) is 68.5 Å². The van der Waals surface area contributed by atoms with Crippen molar-refractivity contribution in [1.29, 1.82) is 0 Å². The first kappa shape index (κ1) is 14.8. The van der Waals surface area contributed by atoms with Crippen molar-refractivity contribution in [1.82, 2.24) is 5.32 Å². The minimum Gasteiger partial charge on any atom is -0.467 e. The third-order valence-corrected chi connectivity index (χ3v) is 2.75. The lowest BCUT2D eigenvalue weighted by Crippen LogP contribution is -2.35. The van der Waals surface area contributed by atoms with Gasteiger partial charge in [-0.3, -0.25) is 4.79 Å². The summed E-state index contributed by atoms with van der Waals surface area (Å²) in [6.45, 7) is 1.67. The largest absolute Gasteiger partial charge is 0.467 e. The van der Waals surface area contributed by atoms with E-state index in [1.54, 1.807) is 12.1 Å². The monoisotopic (exact) mass is 291 g/mol. The number of amides is 1. The third-order valence-electron chi connectivity index (χ3n) is 2.75. The zero-order valence-corrected chi connectivity index (χ0v) is 11.3. The number of furan rings is 1. The highest BCUT2D eigenvalue weighted by Gasteiger charge is 2.18. The zero-order valence-electron chi connectivity index (χ0n) is 11.3. The van der Waals surface area contributed by atoms with Gasteiger partial charge in [0.15, 0.2) is 6.10 Å². The highest BCUT2D eigenvalue weighted by molar-refractivity contribution is 5.92. The fourth-order valence-electron chi connectivity index (χ4n) is 1.60. The van der Waals surface area contributed by atoms with Crippen molar-refractivity contribution >= 4 is 11.9 Å². The van der Waals surface area contributed by atoms with Crippen LogP contribution < -0.4 is 5.32 Å². The normalized spacial score (nSPS) is 11.7. The van der Waals surface area contributed by atoms with Gasteiger partial charge < -0.3 is 14.5 Å². The Morgan fingerprint density at radius 2 is 2.00 bits per heavy atom. The molecule has 5 nitrogen and oxygen atoms in total. The number of ether oxygens (including phenoxy) is 1. The molecule has 0 saturated heterocycles. The third kappa shape index (κ3) is 4.17. The molecule has 1 aromatic carbocycles. The lowest BCUT2D eigenvalue weighted by Gasteiger charge is -2.13. The van der Waals surface area contributed by atoms with E-state index in [0.717, 1.165) is 12.1 Å². The predicted molar refractivity (Wildman–Crippen MR) is 71.8 cm³/mol. The summed E-state index contributed by atoms with van der Waals surface area (Å²) in [7, 11) is 0. The van der Waals surface area contributed by atoms with E-state index in [2.05, 4.69) is 5.32 Å². The van der Waals surface area contributed by atoms with Gasteiger partial charge in [0.25, 0.3) is 5.91 Å². The summed E-state index contributed by atoms with van der Waals surface area (Å²) in [4.78, 5) is 23.5. The summed E-state index contributed by atoms with van der Waals surface area (Å²) < 4.78 is 22.8. The molecule has 0 radical (unpaired) electrons. The van der Waals surface area contributed by atoms with Crippen LogP contribution in [0.4, 0.5) is 4.39 Å². The van der Waals surface area contributed by atoms with Gasteiger partial charge in [-0.15, -0.1) is 0 Å². The molecule has 110 valence electrons. The summed E-state index contributed by atoms with van der Waals surface area (Å²) in [6, 6.07) is 8.32. The zero-order chi connectivity index (χ0) is 15.2. The smallest absolute Gasteiger partial charge is 0.338 e. The van der Waals surface area contributed by atoms with Crippen LogP contribution in [0.25, 0.3) is 0 Å². The Balaban J connectivity index is 1.85. The van der Waals surface area contributed by atoms with Crippen molar-refractivity contribution in [2.45, 2.75) is 19.6 Å². The van der Waals surface area contributed by atoms with E-state index >= 15 is 0 Å². The predicted octanol–water partition coefficient (Wildman–Crippen LogP) is 2.28. The van der Waals surface area contributed by atoms with Crippen molar-refractivity contribution in [3.63, 3.8) is 0 Å². The molecule has 1 amide bonds. The summed E-state index contributed by atoms with van der Waals surface area (Å²) in [5.41, 5.74) is 0.182. The van der Waals surface area contributed by atoms with Crippen molar-refractivity contribution in [2.24, 2.45) is 0 Å². The molecule has 0 fully saturated rings. The Morgan fingerprint density at radius 1 is 1.29 bits per heavy atom. The highest BCUT2D eigenvalue weighted by atomic mass is 19.1. The van der Waals surface area contributed by atoms with Gasteiger partial charge in [0, 0.05) is 0 Å². The van der Waals surface area contributed by atoms with Gasteiger partial charge in [0.2, 0.25) is 0 Å². The summed E-state index contributed by atoms with van der Waals surface area (Å²) in [5.74, 6) is -0.978. The van der Waals surface area contributed by atoms with E-state index in [1.165, 1.54) is 25.3 Å². The van der Waals surface area contributed by atoms with Crippen LogP contribution in [0.5, 0.6) is 0 Å². The molecule has 21 heavy (non-hydrogen) atoms. The van der Waals surface area contributed by atoms with E-state index < -0.39 is 23.8 Å². The molecule has 0 aliphatic carbocycles. The fraction of sp³-hybridized carbons (Fsp3) is 0.200. The molecule has 1 aromatic heterocycles. The van der Waals surface area contributed by atoms with E-state index in [4.69, 9.17) is 9.15 Å². The SMILES string of the molecule is CC(OC(=O)c1ccc(F)cc1)C(=O)NCc1ccco1. The number of halogens is 1. The van der Waals surface area contributed by atoms with Crippen LogP contribution in [0.2, 0.25) is 0 Å². The van der Waals surface area contributed by atoms with Crippen molar-refractivity contribution in [3.05, 3.63) is 59.8 Å². The Hall–Kier alpha value is -2.63. The van der Waals surface area contributed by atoms with Crippen molar-refractivity contribution in [2.75, 3.05) is 0 Å². The highest BCUT2D eigenvalue weighted by Crippen LogP contribution is 2.07. The fourth-order valence-corrected chi connectivity index (χ4v) is 1.60. The Labute approximate surface area is 120 Å². The first-order valence-electron chi connectivity index (χ1n) is 6.33. The van der Waals surface area contributed by atoms with Crippen LogP contribution in [-0.2, 0) is 16.1 Å². The van der Waals surface area contributed by atoms with Crippen molar-refractivity contribution in [3.8, 4) is 0 Å². The summed E-state index contributed by atoms with van der Waals surface area (Å²) in [5, 5.41) is 2.58. The van der Waals surface area contributed by atoms with Crippen LogP contribution >= 0.6 is 0 Å². The van der Waals surface area contributed by atoms with E-state index in [-0.39, 0.29) is 12.1 Å². The van der Waals surface area contributed by atoms with Crippen LogP contribution in [-0.4, -0.2) is 18.0 Å². The molecule has 0 aliphatic heterocycles. The Bertz CT molecular complexity index is 607. The minimum atomic E-state index is -0.961. The minimum absolute atomic E-state index is 0.182. The van der Waals surface area contributed by atoms with Gasteiger partial charge in [-0.1, -0.05) is 0 Å². The summed E-state index contributed by atoms with van der Waals surface area (Å²) in [6.07, 6.45) is 0.539. The van der Waals surface area contributed by atoms with E-state index in [0.29, 0.717) is 5.76 Å². The molecule has 1 N–H and O–H groups in total. The molecule has 0 bridgehead atoms. The van der Waals surface area contributed by atoms with Gasteiger partial charge in [-0.2, -0.15) is 0 Å². The molecule has 1 heterocycles. The van der Waals surface area contributed by atoms with Gasteiger partial charge in [-0.05, 0) is 43.3 Å². The Morgan fingerprint density at radius 3 is 2.62 bits per heavy atom. The maximum Gasteiger partial charge on any atom is 0.338 e. The van der Waals surface area contributed by atoms with Gasteiger partial charge in [0.1, 0.15) is 11.6 Å². The molecule has 0 aliphatic rings. The molecule has 0 saturated carbocycles. The lowest BCUT2D eigenvalue weighted by molar-refractivity contribution is -0.129. The molecule has 2 aromatic rings. The first-order chi connectivity index (χ1) is 10.1. The quantitative estimate of drug-likeness (QED) is 0.858. The maximum atomic E-state index is 12.8. The van der Waals surface area contributed by atoms with Gasteiger partial charge >= 0.3 is 5.97 Å². The molecule has 1 unspecified atom stereocenters. The van der Waals surface area contributed by atoms with Crippen LogP contribution in [0.3, 0.4) is 0 Å². The second kappa shape index (κ2) is 6.69. The number of carbonyl (C=O) groups excluding carboxylic acids is 2. The molecular formula is C15H14FNO4. The lowest BCUT2D eigenvalue weighted by atomic mass is 10.2. The average molecular weight is 291 g/mol. The number of benzene rings is 1. The number of nitrogens with one attached hydrogen (secondary N) is 1. The first-order valence-corrected chi connectivity index (χ1v) is 6.33. The second-order valence-electron chi connectivity index (χ2n) is 4.35. The number of carbonyl (C=O) groups is 2. The molecule has 2 rings (SSSR count). The molecule has 6 heteroatoms. The Kier molecular flexibility index (Phi) is 4.71. The van der Waals surface area contributed by atoms with Crippen molar-refractivity contribution < 1.29 is 23.1 Å². The van der Waals surface area contributed by atoms with Crippen LogP contribution in [0.15, 0.2) is 47.1 Å². The number of hydrogen-bond acceptors (Lipinski definition) is 4. The number of rotatable bonds is 5. The molecule has 0 spiro atoms. The molecule has 1 atom stereocenters. The number of hydrogen-bond donors (Lipinski definition) is 1.